The van der Waals surface area contributed by atoms with E-state index in [1.807, 2.05) is 0 Å². The Morgan fingerprint density at radius 3 is 2.64 bits per heavy atom. The maximum absolute atomic E-state index is 10.6. The number of carbonyl (C=O) groups is 1. The van der Waals surface area contributed by atoms with Gasteiger partial charge in [0.1, 0.15) is 11.3 Å². The van der Waals surface area contributed by atoms with Crippen LogP contribution >= 0.6 is 0 Å². The highest BCUT2D eigenvalue weighted by molar-refractivity contribution is 5.90. The van der Waals surface area contributed by atoms with Crippen molar-refractivity contribution in [2.75, 3.05) is 6.54 Å². The maximum Gasteiger partial charge on any atom is 0.339 e. The van der Waals surface area contributed by atoms with Crippen LogP contribution in [0.4, 0.5) is 0 Å². The Labute approximate surface area is 81.2 Å². The van der Waals surface area contributed by atoms with Gasteiger partial charge in [-0.05, 0) is 30.7 Å². The molecule has 14 heavy (non-hydrogen) atoms. The molecule has 1 aliphatic rings. The van der Waals surface area contributed by atoms with Gasteiger partial charge in [-0.1, -0.05) is 6.07 Å². The fourth-order valence-electron chi connectivity index (χ4n) is 1.52. The number of aromatic carboxylic acids is 1. The van der Waals surface area contributed by atoms with Gasteiger partial charge in [0.15, 0.2) is 0 Å². The zero-order chi connectivity index (χ0) is 10.1. The highest BCUT2D eigenvalue weighted by Crippen LogP contribution is 2.27. The number of carboxylic acid groups (broad SMARTS) is 1. The number of rotatable bonds is 2. The Kier molecular flexibility index (Phi) is 2.13. The van der Waals surface area contributed by atoms with Crippen LogP contribution in [0.2, 0.25) is 0 Å². The van der Waals surface area contributed by atoms with E-state index < -0.39 is 5.97 Å². The van der Waals surface area contributed by atoms with Crippen molar-refractivity contribution in [3.8, 4) is 5.75 Å². The van der Waals surface area contributed by atoms with Crippen molar-refractivity contribution in [1.82, 2.24) is 5.32 Å². The fraction of sp³-hybridized carbons (Fsp3) is 0.300. The van der Waals surface area contributed by atoms with Crippen LogP contribution in [0.5, 0.6) is 5.75 Å². The first-order chi connectivity index (χ1) is 6.68. The van der Waals surface area contributed by atoms with E-state index in [4.69, 9.17) is 5.11 Å². The van der Waals surface area contributed by atoms with Crippen LogP contribution in [-0.2, 0) is 0 Å². The Morgan fingerprint density at radius 1 is 1.50 bits per heavy atom. The summed E-state index contributed by atoms with van der Waals surface area (Å²) in [6.07, 6.45) is 1.03. The summed E-state index contributed by atoms with van der Waals surface area (Å²) < 4.78 is 0. The molecule has 0 aromatic heterocycles. The minimum absolute atomic E-state index is 0.0481. The van der Waals surface area contributed by atoms with Crippen molar-refractivity contribution in [2.24, 2.45) is 0 Å². The van der Waals surface area contributed by atoms with E-state index in [1.165, 1.54) is 12.1 Å². The number of aromatic hydroxyl groups is 1. The molecule has 4 nitrogen and oxygen atoms in total. The molecule has 1 atom stereocenters. The van der Waals surface area contributed by atoms with E-state index in [2.05, 4.69) is 5.32 Å². The molecule has 0 bridgehead atoms. The Hall–Kier alpha value is -1.55. The van der Waals surface area contributed by atoms with Crippen LogP contribution < -0.4 is 5.32 Å². The van der Waals surface area contributed by atoms with Gasteiger partial charge in [-0.2, -0.15) is 0 Å². The molecule has 1 aromatic rings. The Morgan fingerprint density at radius 2 is 2.21 bits per heavy atom. The molecule has 0 spiro atoms. The monoisotopic (exact) mass is 193 g/mol. The molecule has 0 unspecified atom stereocenters. The average Bonchev–Trinajstić information content (AvgIpc) is 2.00. The maximum atomic E-state index is 10.6. The predicted octanol–water partition coefficient (Wildman–Crippen LogP) is 1.12. The van der Waals surface area contributed by atoms with Gasteiger partial charge in [-0.15, -0.1) is 0 Å². The molecule has 0 amide bonds. The van der Waals surface area contributed by atoms with E-state index in [9.17, 15) is 9.90 Å². The fourth-order valence-corrected chi connectivity index (χ4v) is 1.52. The quantitative estimate of drug-likeness (QED) is 0.658. The highest BCUT2D eigenvalue weighted by Gasteiger charge is 2.20. The molecule has 1 heterocycles. The van der Waals surface area contributed by atoms with Crippen molar-refractivity contribution in [2.45, 2.75) is 12.5 Å². The second-order valence-electron chi connectivity index (χ2n) is 3.38. The number of benzene rings is 1. The molecular formula is C10H11NO3. The molecule has 0 saturated carbocycles. The van der Waals surface area contributed by atoms with Crippen LogP contribution in [0.25, 0.3) is 0 Å². The molecule has 1 fully saturated rings. The summed E-state index contributed by atoms with van der Waals surface area (Å²) in [5.41, 5.74) is 0.895. The van der Waals surface area contributed by atoms with E-state index in [0.29, 0.717) is 0 Å². The highest BCUT2D eigenvalue weighted by atomic mass is 16.4. The lowest BCUT2D eigenvalue weighted by atomic mass is 9.96. The van der Waals surface area contributed by atoms with E-state index >= 15 is 0 Å². The molecule has 0 aliphatic carbocycles. The van der Waals surface area contributed by atoms with Crippen LogP contribution in [0, 0.1) is 0 Å². The third-order valence-electron chi connectivity index (χ3n) is 2.48. The van der Waals surface area contributed by atoms with Gasteiger partial charge in [-0.25, -0.2) is 4.79 Å². The molecular weight excluding hydrogens is 182 g/mol. The molecule has 0 radical (unpaired) electrons. The lowest BCUT2D eigenvalue weighted by Crippen LogP contribution is -2.34. The third-order valence-corrected chi connectivity index (χ3v) is 2.48. The molecule has 1 aliphatic heterocycles. The van der Waals surface area contributed by atoms with E-state index in [1.54, 1.807) is 6.07 Å². The lowest BCUT2D eigenvalue weighted by Gasteiger charge is -2.28. The minimum atomic E-state index is -1.10. The predicted molar refractivity (Wildman–Crippen MR) is 50.4 cm³/mol. The van der Waals surface area contributed by atoms with Crippen molar-refractivity contribution >= 4 is 5.97 Å². The van der Waals surface area contributed by atoms with Crippen molar-refractivity contribution in [3.05, 3.63) is 29.3 Å². The minimum Gasteiger partial charge on any atom is -0.507 e. The van der Waals surface area contributed by atoms with Crippen LogP contribution in [0.1, 0.15) is 28.4 Å². The average molecular weight is 193 g/mol. The van der Waals surface area contributed by atoms with Crippen LogP contribution in [0.3, 0.4) is 0 Å². The van der Waals surface area contributed by atoms with Gasteiger partial charge in [-0.3, -0.25) is 0 Å². The number of nitrogens with one attached hydrogen (secondary N) is 1. The topological polar surface area (TPSA) is 69.6 Å². The normalized spacial score (nSPS) is 20.1. The second kappa shape index (κ2) is 3.31. The lowest BCUT2D eigenvalue weighted by molar-refractivity contribution is 0.0693. The summed E-state index contributed by atoms with van der Waals surface area (Å²) in [4.78, 5) is 10.6. The van der Waals surface area contributed by atoms with Crippen molar-refractivity contribution < 1.29 is 15.0 Å². The summed E-state index contributed by atoms with van der Waals surface area (Å²) in [5.74, 6) is -1.26. The smallest absolute Gasteiger partial charge is 0.339 e. The van der Waals surface area contributed by atoms with E-state index in [-0.39, 0.29) is 17.4 Å². The SMILES string of the molecule is O=C(O)c1ccc([C@@H]2CCN2)cc1O. The van der Waals surface area contributed by atoms with Gasteiger partial charge < -0.3 is 15.5 Å². The molecule has 1 saturated heterocycles. The van der Waals surface area contributed by atoms with Crippen molar-refractivity contribution in [1.29, 1.82) is 0 Å². The van der Waals surface area contributed by atoms with Gasteiger partial charge in [0.2, 0.25) is 0 Å². The summed E-state index contributed by atoms with van der Waals surface area (Å²) in [6, 6.07) is 4.96. The van der Waals surface area contributed by atoms with Crippen LogP contribution in [-0.4, -0.2) is 22.7 Å². The van der Waals surface area contributed by atoms with Gasteiger partial charge in [0, 0.05) is 6.04 Å². The summed E-state index contributed by atoms with van der Waals surface area (Å²) >= 11 is 0. The number of phenols is 1. The number of hydrogen-bond donors (Lipinski definition) is 3. The molecule has 1 aromatic carbocycles. The molecule has 3 N–H and O–H groups in total. The zero-order valence-corrected chi connectivity index (χ0v) is 7.53. The second-order valence-corrected chi connectivity index (χ2v) is 3.38. The molecule has 4 heteroatoms. The Bertz CT molecular complexity index is 372. The Balaban J connectivity index is 2.30. The van der Waals surface area contributed by atoms with Gasteiger partial charge >= 0.3 is 5.97 Å². The summed E-state index contributed by atoms with van der Waals surface area (Å²) in [5, 5.41) is 21.3. The first-order valence-corrected chi connectivity index (χ1v) is 4.48. The molecule has 2 rings (SSSR count). The zero-order valence-electron chi connectivity index (χ0n) is 7.53. The van der Waals surface area contributed by atoms with Crippen LogP contribution in [0.15, 0.2) is 18.2 Å². The number of carboxylic acids is 1. The standard InChI is InChI=1S/C10H11NO3/c12-9-5-6(8-3-4-11-8)1-2-7(9)10(13)14/h1-2,5,8,11-12H,3-4H2,(H,13,14)/t8-/m0/s1. The van der Waals surface area contributed by atoms with Crippen molar-refractivity contribution in [3.63, 3.8) is 0 Å². The van der Waals surface area contributed by atoms with Gasteiger partial charge in [0.05, 0.1) is 0 Å². The first kappa shape index (κ1) is 9.02. The first-order valence-electron chi connectivity index (χ1n) is 4.48. The molecule has 74 valence electrons. The summed E-state index contributed by atoms with van der Waals surface area (Å²) in [7, 11) is 0. The number of hydrogen-bond acceptors (Lipinski definition) is 3. The third kappa shape index (κ3) is 1.44. The summed E-state index contributed by atoms with van der Waals surface area (Å²) in [6.45, 7) is 0.978. The van der Waals surface area contributed by atoms with E-state index in [0.717, 1.165) is 18.5 Å². The largest absolute Gasteiger partial charge is 0.507 e. The van der Waals surface area contributed by atoms with Gasteiger partial charge in [0.25, 0.3) is 0 Å².